The minimum atomic E-state index is -0.0607. The van der Waals surface area contributed by atoms with Crippen LogP contribution in [0.3, 0.4) is 0 Å². The van der Waals surface area contributed by atoms with Crippen molar-refractivity contribution in [3.05, 3.63) is 70.5 Å². The fraction of sp³-hybridized carbons (Fsp3) is 0.318. The van der Waals surface area contributed by atoms with Gasteiger partial charge in [-0.05, 0) is 48.7 Å². The number of ether oxygens (including phenoxy) is 1. The van der Waals surface area contributed by atoms with E-state index in [9.17, 15) is 4.79 Å². The van der Waals surface area contributed by atoms with Gasteiger partial charge in [0.1, 0.15) is 12.4 Å². The highest BCUT2D eigenvalue weighted by molar-refractivity contribution is 7.99. The largest absolute Gasteiger partial charge is 0.486 e. The van der Waals surface area contributed by atoms with Gasteiger partial charge in [-0.1, -0.05) is 54.6 Å². The van der Waals surface area contributed by atoms with E-state index in [4.69, 9.17) is 16.3 Å². The van der Waals surface area contributed by atoms with E-state index in [0.717, 1.165) is 23.6 Å². The molecule has 158 valence electrons. The Morgan fingerprint density at radius 3 is 2.43 bits per heavy atom. The molecule has 3 aromatic rings. The van der Waals surface area contributed by atoms with Crippen molar-refractivity contribution in [2.45, 2.75) is 45.1 Å². The average Bonchev–Trinajstić information content (AvgIpc) is 3.18. The zero-order chi connectivity index (χ0) is 21.3. The molecular formula is C22H25ClN4O2S. The predicted octanol–water partition coefficient (Wildman–Crippen LogP) is 4.50. The Hall–Kier alpha value is -2.51. The number of nitrogens with one attached hydrogen (secondary N) is 1. The Morgan fingerprint density at radius 1 is 1.07 bits per heavy atom. The third-order valence-electron chi connectivity index (χ3n) is 4.54. The highest BCUT2D eigenvalue weighted by Crippen LogP contribution is 2.19. The molecule has 0 spiro atoms. The maximum Gasteiger partial charge on any atom is 0.230 e. The maximum absolute atomic E-state index is 12.2. The van der Waals surface area contributed by atoms with Crippen LogP contribution in [0, 0.1) is 0 Å². The molecule has 0 unspecified atom stereocenters. The predicted molar refractivity (Wildman–Crippen MR) is 120 cm³/mol. The van der Waals surface area contributed by atoms with E-state index < -0.39 is 0 Å². The van der Waals surface area contributed by atoms with Crippen LogP contribution < -0.4 is 10.1 Å². The van der Waals surface area contributed by atoms with Crippen LogP contribution in [-0.2, 0) is 30.9 Å². The van der Waals surface area contributed by atoms with Crippen LogP contribution in [0.1, 0.15) is 30.8 Å². The first kappa shape index (κ1) is 22.2. The topological polar surface area (TPSA) is 69.0 Å². The molecular weight excluding hydrogens is 420 g/mol. The Kier molecular flexibility index (Phi) is 8.16. The standard InChI is InChI=1S/C22H25ClN4O2S/c1-3-16-7-11-19(12-8-16)29-14-20-25-26-22(27(20)4-2)30-15-21(28)24-13-17-5-9-18(23)10-6-17/h5-12H,3-4,13-15H2,1-2H3,(H,24,28). The fourth-order valence-corrected chi connectivity index (χ4v) is 3.78. The van der Waals surface area contributed by atoms with E-state index in [2.05, 4.69) is 34.6 Å². The molecule has 0 fully saturated rings. The number of rotatable bonds is 10. The molecule has 0 saturated heterocycles. The van der Waals surface area contributed by atoms with Gasteiger partial charge in [0.05, 0.1) is 5.75 Å². The second-order valence-electron chi connectivity index (χ2n) is 6.62. The molecule has 2 aromatic carbocycles. The van der Waals surface area contributed by atoms with Crippen molar-refractivity contribution in [3.63, 3.8) is 0 Å². The van der Waals surface area contributed by atoms with Crippen molar-refractivity contribution in [3.8, 4) is 5.75 Å². The van der Waals surface area contributed by atoms with Gasteiger partial charge in [-0.3, -0.25) is 4.79 Å². The molecule has 6 nitrogen and oxygen atoms in total. The normalized spacial score (nSPS) is 10.8. The summed E-state index contributed by atoms with van der Waals surface area (Å²) < 4.78 is 7.82. The summed E-state index contributed by atoms with van der Waals surface area (Å²) in [7, 11) is 0. The smallest absolute Gasteiger partial charge is 0.230 e. The number of halogens is 1. The second-order valence-corrected chi connectivity index (χ2v) is 8.00. The molecule has 0 radical (unpaired) electrons. The second kappa shape index (κ2) is 11.0. The Bertz CT molecular complexity index is 958. The third-order valence-corrected chi connectivity index (χ3v) is 5.76. The zero-order valence-corrected chi connectivity index (χ0v) is 18.7. The number of hydrogen-bond acceptors (Lipinski definition) is 5. The molecule has 0 atom stereocenters. The van der Waals surface area contributed by atoms with Gasteiger partial charge >= 0.3 is 0 Å². The summed E-state index contributed by atoms with van der Waals surface area (Å²) in [6, 6.07) is 15.5. The lowest BCUT2D eigenvalue weighted by Gasteiger charge is -2.09. The van der Waals surface area contributed by atoms with Crippen molar-refractivity contribution in [2.24, 2.45) is 0 Å². The Morgan fingerprint density at radius 2 is 1.77 bits per heavy atom. The van der Waals surface area contributed by atoms with Crippen LogP contribution in [0.2, 0.25) is 5.02 Å². The van der Waals surface area contributed by atoms with Gasteiger partial charge in [0, 0.05) is 18.1 Å². The van der Waals surface area contributed by atoms with Gasteiger partial charge in [0.25, 0.3) is 0 Å². The summed E-state index contributed by atoms with van der Waals surface area (Å²) in [5, 5.41) is 12.8. The highest BCUT2D eigenvalue weighted by Gasteiger charge is 2.13. The number of aryl methyl sites for hydroxylation is 1. The first-order valence-corrected chi connectivity index (χ1v) is 11.2. The van der Waals surface area contributed by atoms with Crippen LogP contribution in [-0.4, -0.2) is 26.4 Å². The molecule has 0 aliphatic rings. The SMILES string of the molecule is CCc1ccc(OCc2nnc(SCC(=O)NCc3ccc(Cl)cc3)n2CC)cc1. The van der Waals surface area contributed by atoms with Crippen LogP contribution in [0.5, 0.6) is 5.75 Å². The minimum Gasteiger partial charge on any atom is -0.486 e. The van der Waals surface area contributed by atoms with Gasteiger partial charge in [0.2, 0.25) is 5.91 Å². The number of aromatic nitrogens is 3. The quantitative estimate of drug-likeness (QED) is 0.466. The summed E-state index contributed by atoms with van der Waals surface area (Å²) >= 11 is 7.24. The number of benzene rings is 2. The van der Waals surface area contributed by atoms with E-state index >= 15 is 0 Å². The first-order valence-electron chi connectivity index (χ1n) is 9.86. The molecule has 0 aliphatic carbocycles. The van der Waals surface area contributed by atoms with Crippen LogP contribution >= 0.6 is 23.4 Å². The fourth-order valence-electron chi connectivity index (χ4n) is 2.80. The molecule has 0 saturated carbocycles. The van der Waals surface area contributed by atoms with E-state index in [-0.39, 0.29) is 11.7 Å². The Labute approximate surface area is 186 Å². The van der Waals surface area contributed by atoms with Crippen molar-refractivity contribution < 1.29 is 9.53 Å². The van der Waals surface area contributed by atoms with Gasteiger partial charge < -0.3 is 14.6 Å². The van der Waals surface area contributed by atoms with Crippen LogP contribution in [0.15, 0.2) is 53.7 Å². The molecule has 8 heteroatoms. The molecule has 1 aromatic heterocycles. The number of thioether (sulfide) groups is 1. The number of carbonyl (C=O) groups is 1. The van der Waals surface area contributed by atoms with Crippen LogP contribution in [0.4, 0.5) is 0 Å². The van der Waals surface area contributed by atoms with Crippen molar-refractivity contribution in [1.29, 1.82) is 0 Å². The number of carbonyl (C=O) groups excluding carboxylic acids is 1. The van der Waals surface area contributed by atoms with Gasteiger partial charge in [-0.2, -0.15) is 0 Å². The summed E-state index contributed by atoms with van der Waals surface area (Å²) in [6.45, 7) is 5.64. The monoisotopic (exact) mass is 444 g/mol. The van der Waals surface area contributed by atoms with Crippen LogP contribution in [0.25, 0.3) is 0 Å². The minimum absolute atomic E-state index is 0.0607. The molecule has 3 rings (SSSR count). The molecule has 30 heavy (non-hydrogen) atoms. The molecule has 1 heterocycles. The molecule has 1 amide bonds. The summed E-state index contributed by atoms with van der Waals surface area (Å²) in [6.07, 6.45) is 0.998. The lowest BCUT2D eigenvalue weighted by Crippen LogP contribution is -2.24. The lowest BCUT2D eigenvalue weighted by atomic mass is 10.2. The molecule has 0 aliphatic heterocycles. The number of nitrogens with zero attached hydrogens (tertiary/aromatic N) is 3. The van der Waals surface area contributed by atoms with Gasteiger partial charge in [-0.25, -0.2) is 0 Å². The van der Waals surface area contributed by atoms with E-state index in [1.54, 1.807) is 0 Å². The maximum atomic E-state index is 12.2. The van der Waals surface area contributed by atoms with Gasteiger partial charge in [0.15, 0.2) is 11.0 Å². The van der Waals surface area contributed by atoms with Crippen molar-refractivity contribution >= 4 is 29.3 Å². The van der Waals surface area contributed by atoms with E-state index in [1.807, 2.05) is 47.9 Å². The van der Waals surface area contributed by atoms with Gasteiger partial charge in [-0.15, -0.1) is 10.2 Å². The van der Waals surface area contributed by atoms with Crippen molar-refractivity contribution in [1.82, 2.24) is 20.1 Å². The zero-order valence-electron chi connectivity index (χ0n) is 17.1. The molecule has 1 N–H and O–H groups in total. The molecule has 0 bridgehead atoms. The highest BCUT2D eigenvalue weighted by atomic mass is 35.5. The average molecular weight is 445 g/mol. The summed E-state index contributed by atoms with van der Waals surface area (Å²) in [5.74, 6) is 1.75. The number of hydrogen-bond donors (Lipinski definition) is 1. The van der Waals surface area contributed by atoms with E-state index in [0.29, 0.717) is 29.9 Å². The Balaban J connectivity index is 1.50. The van der Waals surface area contributed by atoms with E-state index in [1.165, 1.54) is 17.3 Å². The summed E-state index contributed by atoms with van der Waals surface area (Å²) in [4.78, 5) is 12.2. The summed E-state index contributed by atoms with van der Waals surface area (Å²) in [5.41, 5.74) is 2.27. The van der Waals surface area contributed by atoms with Crippen molar-refractivity contribution in [2.75, 3.05) is 5.75 Å². The lowest BCUT2D eigenvalue weighted by molar-refractivity contribution is -0.118. The number of amides is 1. The first-order chi connectivity index (χ1) is 14.6. The third kappa shape index (κ3) is 6.24.